The van der Waals surface area contributed by atoms with Gasteiger partial charge in [0.1, 0.15) is 12.6 Å². The monoisotopic (exact) mass is 576 g/mol. The lowest BCUT2D eigenvalue weighted by atomic mass is 10.0. The van der Waals surface area contributed by atoms with Crippen molar-refractivity contribution in [2.24, 2.45) is 0 Å². The van der Waals surface area contributed by atoms with E-state index in [4.69, 9.17) is 0 Å². The molecule has 2 amide bonds. The van der Waals surface area contributed by atoms with Crippen molar-refractivity contribution >= 4 is 27.7 Å². The van der Waals surface area contributed by atoms with Crippen LogP contribution >= 0.6 is 0 Å². The van der Waals surface area contributed by atoms with Crippen molar-refractivity contribution in [1.29, 1.82) is 0 Å². The fourth-order valence-electron chi connectivity index (χ4n) is 5.20. The van der Waals surface area contributed by atoms with Gasteiger partial charge in [-0.3, -0.25) is 9.59 Å². The highest BCUT2D eigenvalue weighted by atomic mass is 32.2. The van der Waals surface area contributed by atoms with E-state index in [-0.39, 0.29) is 18.5 Å². The van der Waals surface area contributed by atoms with Crippen molar-refractivity contribution in [2.45, 2.75) is 57.7 Å². The van der Waals surface area contributed by atoms with Crippen LogP contribution in [0.2, 0.25) is 0 Å². The van der Waals surface area contributed by atoms with Gasteiger partial charge in [-0.2, -0.15) is 12.7 Å². The molecule has 0 heterocycles. The lowest BCUT2D eigenvalue weighted by Gasteiger charge is -2.35. The molecular formula is C32H40N4O4S. The smallest absolute Gasteiger partial charge is 0.304 e. The van der Waals surface area contributed by atoms with Crippen LogP contribution in [-0.4, -0.2) is 62.2 Å². The minimum Gasteiger partial charge on any atom is -0.352 e. The van der Waals surface area contributed by atoms with Gasteiger partial charge in [-0.15, -0.1) is 0 Å². The molecule has 1 N–H and O–H groups in total. The Bertz CT molecular complexity index is 1410. The molecule has 218 valence electrons. The Balaban J connectivity index is 1.75. The number of carbonyl (C=O) groups excluding carboxylic acids is 2. The van der Waals surface area contributed by atoms with E-state index in [2.05, 4.69) is 5.32 Å². The Morgan fingerprint density at radius 2 is 1.46 bits per heavy atom. The molecule has 0 radical (unpaired) electrons. The average Bonchev–Trinajstić information content (AvgIpc) is 3.48. The standard InChI is InChI=1S/C32H40N4O4S/c1-25-14-10-11-17-27(25)23-35(31(37)24-36(41(39,40)34(2)3)29-20-8-5-9-21-29)30(22-26-15-6-4-7-16-26)32(38)33-28-18-12-13-19-28/h4-11,14-17,20-21,28,30H,12-13,18-19,22-24H2,1-3H3,(H,33,38). The molecule has 41 heavy (non-hydrogen) atoms. The van der Waals surface area contributed by atoms with Gasteiger partial charge >= 0.3 is 10.2 Å². The molecule has 0 aromatic heterocycles. The van der Waals surface area contributed by atoms with Crippen molar-refractivity contribution in [3.63, 3.8) is 0 Å². The zero-order valence-electron chi connectivity index (χ0n) is 24.1. The lowest BCUT2D eigenvalue weighted by Crippen LogP contribution is -2.55. The topological polar surface area (TPSA) is 90.0 Å². The first-order valence-corrected chi connectivity index (χ1v) is 15.5. The lowest BCUT2D eigenvalue weighted by molar-refractivity contribution is -0.140. The first-order valence-electron chi connectivity index (χ1n) is 14.1. The van der Waals surface area contributed by atoms with Gasteiger partial charge < -0.3 is 10.2 Å². The number of aryl methyl sites for hydroxylation is 1. The third-order valence-electron chi connectivity index (χ3n) is 7.64. The fourth-order valence-corrected chi connectivity index (χ4v) is 6.26. The Kier molecular flexibility index (Phi) is 10.2. The summed E-state index contributed by atoms with van der Waals surface area (Å²) < 4.78 is 29.1. The largest absolute Gasteiger partial charge is 0.352 e. The van der Waals surface area contributed by atoms with Gasteiger partial charge in [-0.1, -0.05) is 85.6 Å². The van der Waals surface area contributed by atoms with Gasteiger partial charge in [0, 0.05) is 33.1 Å². The van der Waals surface area contributed by atoms with E-state index in [1.165, 1.54) is 14.1 Å². The molecular weight excluding hydrogens is 536 g/mol. The number of nitrogens with one attached hydrogen (secondary N) is 1. The van der Waals surface area contributed by atoms with E-state index in [0.29, 0.717) is 12.1 Å². The van der Waals surface area contributed by atoms with Crippen LogP contribution in [0.25, 0.3) is 0 Å². The van der Waals surface area contributed by atoms with Crippen LogP contribution in [0, 0.1) is 6.92 Å². The first-order chi connectivity index (χ1) is 19.7. The molecule has 1 atom stereocenters. The number of hydrogen-bond donors (Lipinski definition) is 1. The van der Waals surface area contributed by atoms with Crippen molar-refractivity contribution in [2.75, 3.05) is 24.9 Å². The van der Waals surface area contributed by atoms with Crippen molar-refractivity contribution in [3.8, 4) is 0 Å². The van der Waals surface area contributed by atoms with Crippen LogP contribution < -0.4 is 9.62 Å². The van der Waals surface area contributed by atoms with E-state index in [1.54, 1.807) is 35.2 Å². The second kappa shape index (κ2) is 13.8. The molecule has 0 aliphatic heterocycles. The summed E-state index contributed by atoms with van der Waals surface area (Å²) in [5, 5.41) is 3.20. The maximum Gasteiger partial charge on any atom is 0.304 e. The predicted octanol–water partition coefficient (Wildman–Crippen LogP) is 4.31. The number of amides is 2. The molecule has 0 saturated heterocycles. The Morgan fingerprint density at radius 3 is 2.07 bits per heavy atom. The second-order valence-corrected chi connectivity index (χ2v) is 12.8. The number of nitrogens with zero attached hydrogens (tertiary/aromatic N) is 3. The molecule has 1 saturated carbocycles. The Labute approximate surface area is 244 Å². The van der Waals surface area contributed by atoms with Crippen LogP contribution in [0.3, 0.4) is 0 Å². The predicted molar refractivity (Wildman–Crippen MR) is 162 cm³/mol. The van der Waals surface area contributed by atoms with Crippen LogP contribution in [0.15, 0.2) is 84.9 Å². The van der Waals surface area contributed by atoms with Gasteiger partial charge in [0.15, 0.2) is 0 Å². The van der Waals surface area contributed by atoms with E-state index in [0.717, 1.165) is 51.0 Å². The summed E-state index contributed by atoms with van der Waals surface area (Å²) in [7, 11) is -1.13. The van der Waals surface area contributed by atoms with Gasteiger partial charge in [-0.25, -0.2) is 4.31 Å². The van der Waals surface area contributed by atoms with Crippen LogP contribution in [0.5, 0.6) is 0 Å². The van der Waals surface area contributed by atoms with Gasteiger partial charge in [-0.05, 0) is 48.6 Å². The fraction of sp³-hybridized carbons (Fsp3) is 0.375. The second-order valence-electron chi connectivity index (χ2n) is 10.8. The van der Waals surface area contributed by atoms with Gasteiger partial charge in [0.2, 0.25) is 11.8 Å². The van der Waals surface area contributed by atoms with Crippen LogP contribution in [-0.2, 0) is 32.8 Å². The Morgan fingerprint density at radius 1 is 0.878 bits per heavy atom. The molecule has 1 aliphatic carbocycles. The molecule has 4 rings (SSSR count). The molecule has 1 fully saturated rings. The summed E-state index contributed by atoms with van der Waals surface area (Å²) in [4.78, 5) is 29.8. The molecule has 1 aliphatic rings. The van der Waals surface area contributed by atoms with Crippen molar-refractivity contribution in [3.05, 3.63) is 102 Å². The molecule has 0 bridgehead atoms. The van der Waals surface area contributed by atoms with E-state index >= 15 is 0 Å². The van der Waals surface area contributed by atoms with Gasteiger partial charge in [0.05, 0.1) is 5.69 Å². The third kappa shape index (κ3) is 7.74. The third-order valence-corrected chi connectivity index (χ3v) is 9.46. The zero-order valence-corrected chi connectivity index (χ0v) is 24.9. The SMILES string of the molecule is Cc1ccccc1CN(C(=O)CN(c1ccccc1)S(=O)(=O)N(C)C)C(Cc1ccccc1)C(=O)NC1CCCC1. The number of anilines is 1. The summed E-state index contributed by atoms with van der Waals surface area (Å²) in [6.45, 7) is 1.69. The molecule has 9 heteroatoms. The number of hydrogen-bond acceptors (Lipinski definition) is 4. The molecule has 0 spiro atoms. The zero-order chi connectivity index (χ0) is 29.4. The number of carbonyl (C=O) groups is 2. The van der Waals surface area contributed by atoms with Crippen molar-refractivity contribution < 1.29 is 18.0 Å². The minimum atomic E-state index is -4.01. The maximum atomic E-state index is 14.3. The Hall–Kier alpha value is -3.69. The summed E-state index contributed by atoms with van der Waals surface area (Å²) in [5.41, 5.74) is 3.18. The number of rotatable bonds is 12. The highest BCUT2D eigenvalue weighted by molar-refractivity contribution is 7.90. The molecule has 3 aromatic rings. The quantitative estimate of drug-likeness (QED) is 0.348. The average molecular weight is 577 g/mol. The summed E-state index contributed by atoms with van der Waals surface area (Å²) in [6.07, 6.45) is 4.27. The van der Waals surface area contributed by atoms with Crippen molar-refractivity contribution in [1.82, 2.24) is 14.5 Å². The molecule has 1 unspecified atom stereocenters. The number of para-hydroxylation sites is 1. The highest BCUT2D eigenvalue weighted by Crippen LogP contribution is 2.23. The summed E-state index contributed by atoms with van der Waals surface area (Å²) in [6, 6.07) is 25.2. The summed E-state index contributed by atoms with van der Waals surface area (Å²) in [5.74, 6) is -0.672. The normalized spacial score (nSPS) is 14.5. The van der Waals surface area contributed by atoms with Crippen LogP contribution in [0.4, 0.5) is 5.69 Å². The molecule has 3 aromatic carbocycles. The van der Waals surface area contributed by atoms with E-state index in [9.17, 15) is 18.0 Å². The maximum absolute atomic E-state index is 14.3. The highest BCUT2D eigenvalue weighted by Gasteiger charge is 2.35. The van der Waals surface area contributed by atoms with Crippen LogP contribution in [0.1, 0.15) is 42.4 Å². The minimum absolute atomic E-state index is 0.0751. The molecule has 8 nitrogen and oxygen atoms in total. The first kappa shape index (κ1) is 30.3. The number of benzene rings is 3. The summed E-state index contributed by atoms with van der Waals surface area (Å²) >= 11 is 0. The van der Waals surface area contributed by atoms with E-state index in [1.807, 2.05) is 61.5 Å². The van der Waals surface area contributed by atoms with E-state index < -0.39 is 28.7 Å². The van der Waals surface area contributed by atoms with Gasteiger partial charge in [0.25, 0.3) is 0 Å².